The van der Waals surface area contributed by atoms with Crippen LogP contribution in [0.1, 0.15) is 49.6 Å². The van der Waals surface area contributed by atoms with Crippen LogP contribution in [0.2, 0.25) is 0 Å². The van der Waals surface area contributed by atoms with E-state index in [0.29, 0.717) is 6.61 Å². The third-order valence-electron chi connectivity index (χ3n) is 8.54. The number of fused-ring (bicyclic) bond motifs is 3. The van der Waals surface area contributed by atoms with E-state index >= 15 is 0 Å². The van der Waals surface area contributed by atoms with Crippen LogP contribution in [0.3, 0.4) is 0 Å². The Hall–Kier alpha value is -4.65. The number of carboxylic acids is 1. The molecular weight excluding hydrogens is 619 g/mol. The van der Waals surface area contributed by atoms with E-state index < -0.39 is 11.6 Å². The first-order valence-electron chi connectivity index (χ1n) is 16.1. The van der Waals surface area contributed by atoms with E-state index in [2.05, 4.69) is 61.0 Å². The molecule has 6 aromatic rings. The lowest BCUT2D eigenvalue weighted by molar-refractivity contribution is -0.136. The Morgan fingerprint density at radius 2 is 1.79 bits per heavy atom. The number of aliphatic carboxylic acids is 1. The Morgan fingerprint density at radius 1 is 1.02 bits per heavy atom. The van der Waals surface area contributed by atoms with E-state index in [4.69, 9.17) is 14.8 Å². The Bertz CT molecular complexity index is 2190. The molecule has 7 rings (SSSR count). The molecule has 1 aliphatic rings. The fourth-order valence-electron chi connectivity index (χ4n) is 6.41. The second-order valence-corrected chi connectivity index (χ2v) is 14.0. The van der Waals surface area contributed by atoms with Crippen LogP contribution in [0.15, 0.2) is 67.0 Å². The molecule has 246 valence electrons. The number of aryl methyl sites for hydroxylation is 2. The number of nitrogens with zero attached hydrogens (tertiary/aromatic N) is 4. The van der Waals surface area contributed by atoms with Gasteiger partial charge in [-0.05, 0) is 118 Å². The summed E-state index contributed by atoms with van der Waals surface area (Å²) in [4.78, 5) is 26.2. The summed E-state index contributed by atoms with van der Waals surface area (Å²) in [5.74, 6) is 0.0536. The van der Waals surface area contributed by atoms with Gasteiger partial charge in [-0.15, -0.1) is 9.24 Å². The van der Waals surface area contributed by atoms with Crippen LogP contribution in [0.25, 0.3) is 55.6 Å². The molecule has 48 heavy (non-hydrogen) atoms. The Balaban J connectivity index is 0.000000749. The predicted octanol–water partition coefficient (Wildman–Crippen LogP) is 7.36. The van der Waals surface area contributed by atoms with Crippen molar-refractivity contribution in [1.29, 1.82) is 0 Å². The minimum atomic E-state index is -0.879. The molecule has 0 aliphatic carbocycles. The fraction of sp³-hybridized carbons (Fsp3) is 0.282. The van der Waals surface area contributed by atoms with Gasteiger partial charge in [-0.1, -0.05) is 12.1 Å². The molecule has 1 atom stereocenters. The summed E-state index contributed by atoms with van der Waals surface area (Å²) in [6.45, 7) is 9.97. The van der Waals surface area contributed by atoms with Gasteiger partial charge in [-0.2, -0.15) is 0 Å². The molecule has 2 N–H and O–H groups in total. The molecule has 8 nitrogen and oxygen atoms in total. The summed E-state index contributed by atoms with van der Waals surface area (Å²) >= 11 is 0. The summed E-state index contributed by atoms with van der Waals surface area (Å²) in [5, 5.41) is 21.4. The van der Waals surface area contributed by atoms with Crippen LogP contribution in [-0.4, -0.2) is 47.9 Å². The highest BCUT2D eigenvalue weighted by Gasteiger charge is 2.25. The van der Waals surface area contributed by atoms with Gasteiger partial charge in [0.15, 0.2) is 0 Å². The van der Waals surface area contributed by atoms with Gasteiger partial charge in [-0.25, -0.2) is 4.98 Å². The van der Waals surface area contributed by atoms with E-state index in [0.717, 1.165) is 96.3 Å². The number of aromatic nitrogens is 4. The SMILES string of the molecule is CC(C)(C)O.Cc1nc2c(cc(-c3ccnc(-c4ccc5ncccc5c4)c3)n2C)c(-c2cc(P)c3c(c2C)CCCO3)c1CC(=O)O. The molecule has 0 saturated carbocycles. The van der Waals surface area contributed by atoms with Crippen molar-refractivity contribution >= 4 is 42.4 Å². The molecule has 0 bridgehead atoms. The monoisotopic (exact) mass is 660 g/mol. The Kier molecular flexibility index (Phi) is 9.08. The largest absolute Gasteiger partial charge is 0.493 e. The van der Waals surface area contributed by atoms with Crippen molar-refractivity contribution in [2.45, 2.75) is 59.5 Å². The molecule has 0 saturated heterocycles. The molecular formula is C39H41N4O4P. The molecule has 1 unspecified atom stereocenters. The van der Waals surface area contributed by atoms with Crippen molar-refractivity contribution in [3.05, 3.63) is 89.4 Å². The van der Waals surface area contributed by atoms with Crippen molar-refractivity contribution in [3.8, 4) is 39.4 Å². The van der Waals surface area contributed by atoms with E-state index in [1.807, 2.05) is 44.4 Å². The quantitative estimate of drug-likeness (QED) is 0.186. The topological polar surface area (TPSA) is 110 Å². The molecule has 0 spiro atoms. The molecule has 0 radical (unpaired) electrons. The molecule has 2 aromatic carbocycles. The van der Waals surface area contributed by atoms with Gasteiger partial charge >= 0.3 is 5.97 Å². The zero-order chi connectivity index (χ0) is 34.3. The Labute approximate surface area is 283 Å². The summed E-state index contributed by atoms with van der Waals surface area (Å²) in [7, 11) is 4.84. The van der Waals surface area contributed by atoms with E-state index in [-0.39, 0.29) is 6.42 Å². The average molecular weight is 661 g/mol. The maximum absolute atomic E-state index is 12.1. The summed E-state index contributed by atoms with van der Waals surface area (Å²) < 4.78 is 8.14. The average Bonchev–Trinajstić information content (AvgIpc) is 3.37. The maximum atomic E-state index is 12.1. The van der Waals surface area contributed by atoms with Gasteiger partial charge in [0.2, 0.25) is 0 Å². The van der Waals surface area contributed by atoms with Crippen LogP contribution < -0.4 is 10.0 Å². The van der Waals surface area contributed by atoms with Gasteiger partial charge in [-0.3, -0.25) is 14.8 Å². The maximum Gasteiger partial charge on any atom is 0.307 e. The molecule has 1 aliphatic heterocycles. The number of carbonyl (C=O) groups is 1. The molecule has 9 heteroatoms. The number of hydrogen-bond donors (Lipinski definition) is 2. The second-order valence-electron chi connectivity index (χ2n) is 13.4. The molecule has 0 fully saturated rings. The first-order chi connectivity index (χ1) is 22.8. The minimum Gasteiger partial charge on any atom is -0.493 e. The number of benzene rings is 2. The lowest BCUT2D eigenvalue weighted by Gasteiger charge is -2.24. The standard InChI is InChI=1S/C35H31N4O3P.C4H10O/c1-19-24-7-5-13-42-34(24)31(43)17-25(19)33-26(18-32(40)41)20(2)38-35-27(33)16-30(39(35)3)23-10-12-37-29(15-23)22-8-9-28-21(14-22)6-4-11-36-28;1-4(2,3)5/h4,6,8-12,14-17H,5,7,13,18,43H2,1-3H3,(H,40,41);5H,1-3H3. The van der Waals surface area contributed by atoms with Crippen molar-refractivity contribution in [2.24, 2.45) is 7.05 Å². The normalized spacial score (nSPS) is 12.8. The van der Waals surface area contributed by atoms with Crippen molar-refractivity contribution < 1.29 is 19.7 Å². The van der Waals surface area contributed by atoms with Gasteiger partial charge in [0, 0.05) is 52.3 Å². The van der Waals surface area contributed by atoms with Crippen LogP contribution in [-0.2, 0) is 24.7 Å². The highest BCUT2D eigenvalue weighted by atomic mass is 31.0. The van der Waals surface area contributed by atoms with Crippen LogP contribution >= 0.6 is 9.24 Å². The summed E-state index contributed by atoms with van der Waals surface area (Å²) in [6.07, 6.45) is 5.42. The van der Waals surface area contributed by atoms with E-state index in [1.54, 1.807) is 27.0 Å². The summed E-state index contributed by atoms with van der Waals surface area (Å²) in [5.41, 5.74) is 10.8. The first kappa shape index (κ1) is 33.3. The van der Waals surface area contributed by atoms with Gasteiger partial charge < -0.3 is 19.5 Å². The van der Waals surface area contributed by atoms with Gasteiger partial charge in [0.1, 0.15) is 11.4 Å². The third kappa shape index (κ3) is 6.69. The van der Waals surface area contributed by atoms with Crippen molar-refractivity contribution in [3.63, 3.8) is 0 Å². The number of pyridine rings is 3. The number of aliphatic hydroxyl groups is 1. The number of ether oxygens (including phenoxy) is 1. The molecule has 5 heterocycles. The number of hydrogen-bond acceptors (Lipinski definition) is 6. The first-order valence-corrected chi connectivity index (χ1v) is 16.7. The predicted molar refractivity (Wildman–Crippen MR) is 196 cm³/mol. The second kappa shape index (κ2) is 13.1. The zero-order valence-corrected chi connectivity index (χ0v) is 29.4. The van der Waals surface area contributed by atoms with E-state index in [9.17, 15) is 9.90 Å². The van der Waals surface area contributed by atoms with Crippen LogP contribution in [0.4, 0.5) is 0 Å². The lowest BCUT2D eigenvalue weighted by Crippen LogP contribution is -2.16. The minimum absolute atomic E-state index is 0.107. The van der Waals surface area contributed by atoms with Gasteiger partial charge in [0.05, 0.1) is 35.5 Å². The van der Waals surface area contributed by atoms with Crippen LogP contribution in [0, 0.1) is 13.8 Å². The van der Waals surface area contributed by atoms with Crippen molar-refractivity contribution in [2.75, 3.05) is 6.61 Å². The fourth-order valence-corrected chi connectivity index (χ4v) is 6.83. The number of rotatable bonds is 5. The number of carboxylic acid groups (broad SMARTS) is 1. The van der Waals surface area contributed by atoms with Crippen molar-refractivity contribution in [1.82, 2.24) is 19.5 Å². The molecule has 4 aromatic heterocycles. The third-order valence-corrected chi connectivity index (χ3v) is 8.97. The smallest absolute Gasteiger partial charge is 0.307 e. The Morgan fingerprint density at radius 3 is 2.54 bits per heavy atom. The van der Waals surface area contributed by atoms with Crippen LogP contribution in [0.5, 0.6) is 5.75 Å². The zero-order valence-electron chi connectivity index (χ0n) is 28.3. The highest BCUT2D eigenvalue weighted by molar-refractivity contribution is 7.27. The molecule has 0 amide bonds. The highest BCUT2D eigenvalue weighted by Crippen LogP contribution is 2.42. The summed E-state index contributed by atoms with van der Waals surface area (Å²) in [6, 6.07) is 18.5. The lowest BCUT2D eigenvalue weighted by atomic mass is 9.87. The van der Waals surface area contributed by atoms with Gasteiger partial charge in [0.25, 0.3) is 0 Å². The van der Waals surface area contributed by atoms with E-state index in [1.165, 1.54) is 5.56 Å².